The fourth-order valence-corrected chi connectivity index (χ4v) is 3.59. The molecule has 0 aliphatic carbocycles. The molecular weight excluding hydrogens is 276 g/mol. The minimum Gasteiger partial charge on any atom is -0.342 e. The van der Waals surface area contributed by atoms with Crippen LogP contribution in [0.2, 0.25) is 0 Å². The number of anilines is 1. The molecule has 3 rings (SSSR count). The Labute approximate surface area is 132 Å². The normalized spacial score (nSPS) is 22.3. The number of carbonyl (C=O) groups is 2. The molecule has 0 unspecified atom stereocenters. The summed E-state index contributed by atoms with van der Waals surface area (Å²) in [5.74, 6) is 0.0638. The van der Waals surface area contributed by atoms with E-state index in [4.69, 9.17) is 0 Å². The molecule has 0 radical (unpaired) electrons. The second-order valence-electron chi connectivity index (χ2n) is 6.58. The van der Waals surface area contributed by atoms with E-state index < -0.39 is 0 Å². The maximum Gasteiger partial charge on any atom is 0.228 e. The van der Waals surface area contributed by atoms with Crippen molar-refractivity contribution in [3.05, 3.63) is 29.3 Å². The molecular formula is C18H24N2O2. The Kier molecular flexibility index (Phi) is 4.19. The molecule has 1 atom stereocenters. The summed E-state index contributed by atoms with van der Waals surface area (Å²) < 4.78 is 0. The minimum atomic E-state index is -0.175. The molecule has 22 heavy (non-hydrogen) atoms. The highest BCUT2D eigenvalue weighted by Crippen LogP contribution is 2.29. The first-order valence-electron chi connectivity index (χ1n) is 8.22. The van der Waals surface area contributed by atoms with Crippen molar-refractivity contribution in [3.8, 4) is 0 Å². The highest BCUT2D eigenvalue weighted by molar-refractivity contribution is 6.00. The number of hydrogen-bond acceptors (Lipinski definition) is 2. The molecule has 0 aromatic heterocycles. The van der Waals surface area contributed by atoms with Gasteiger partial charge in [-0.25, -0.2) is 0 Å². The number of nitrogens with zero attached hydrogens (tertiary/aromatic N) is 2. The van der Waals surface area contributed by atoms with Gasteiger partial charge >= 0.3 is 0 Å². The number of rotatable bonds is 2. The van der Waals surface area contributed by atoms with Crippen LogP contribution >= 0.6 is 0 Å². The average Bonchev–Trinajstić information content (AvgIpc) is 2.89. The Hall–Kier alpha value is -1.84. The minimum absolute atomic E-state index is 0.0716. The first-order valence-corrected chi connectivity index (χ1v) is 8.22. The van der Waals surface area contributed by atoms with E-state index in [1.807, 2.05) is 30.9 Å². The van der Waals surface area contributed by atoms with Gasteiger partial charge in [0.2, 0.25) is 11.8 Å². The van der Waals surface area contributed by atoms with E-state index in [2.05, 4.69) is 6.07 Å². The van der Waals surface area contributed by atoms with Gasteiger partial charge in [-0.15, -0.1) is 0 Å². The highest BCUT2D eigenvalue weighted by Gasteiger charge is 2.37. The van der Waals surface area contributed by atoms with Crippen molar-refractivity contribution in [1.82, 2.24) is 4.90 Å². The van der Waals surface area contributed by atoms with E-state index in [-0.39, 0.29) is 17.7 Å². The van der Waals surface area contributed by atoms with Crippen LogP contribution in [0.5, 0.6) is 0 Å². The van der Waals surface area contributed by atoms with Gasteiger partial charge in [0, 0.05) is 31.7 Å². The van der Waals surface area contributed by atoms with E-state index in [0.29, 0.717) is 13.0 Å². The van der Waals surface area contributed by atoms with Crippen LogP contribution in [0.15, 0.2) is 18.2 Å². The number of hydrogen-bond donors (Lipinski definition) is 0. The van der Waals surface area contributed by atoms with Gasteiger partial charge in [-0.05, 0) is 44.7 Å². The summed E-state index contributed by atoms with van der Waals surface area (Å²) in [5.41, 5.74) is 3.23. The van der Waals surface area contributed by atoms with Crippen LogP contribution < -0.4 is 4.90 Å². The molecule has 0 saturated carbocycles. The lowest BCUT2D eigenvalue weighted by Crippen LogP contribution is -2.40. The Morgan fingerprint density at radius 2 is 1.86 bits per heavy atom. The quantitative estimate of drug-likeness (QED) is 0.842. The van der Waals surface area contributed by atoms with Crippen molar-refractivity contribution >= 4 is 17.5 Å². The average molecular weight is 300 g/mol. The molecule has 1 aromatic rings. The van der Waals surface area contributed by atoms with E-state index in [9.17, 15) is 9.59 Å². The van der Waals surface area contributed by atoms with Gasteiger partial charge < -0.3 is 9.80 Å². The van der Waals surface area contributed by atoms with Gasteiger partial charge in [-0.3, -0.25) is 9.59 Å². The highest BCUT2D eigenvalue weighted by atomic mass is 16.2. The van der Waals surface area contributed by atoms with E-state index in [1.165, 1.54) is 12.0 Å². The van der Waals surface area contributed by atoms with Gasteiger partial charge in [0.1, 0.15) is 0 Å². The molecule has 2 fully saturated rings. The third kappa shape index (κ3) is 2.87. The lowest BCUT2D eigenvalue weighted by Gasteiger charge is -2.29. The van der Waals surface area contributed by atoms with Gasteiger partial charge in [-0.1, -0.05) is 17.7 Å². The number of piperidine rings is 1. The Bertz CT molecular complexity index is 591. The van der Waals surface area contributed by atoms with Crippen LogP contribution in [0.3, 0.4) is 0 Å². The summed E-state index contributed by atoms with van der Waals surface area (Å²) >= 11 is 0. The topological polar surface area (TPSA) is 40.6 Å². The van der Waals surface area contributed by atoms with Crippen LogP contribution in [0, 0.1) is 19.8 Å². The second-order valence-corrected chi connectivity index (χ2v) is 6.58. The Morgan fingerprint density at radius 1 is 1.14 bits per heavy atom. The predicted octanol–water partition coefficient (Wildman–Crippen LogP) is 2.67. The second kappa shape index (κ2) is 6.11. The largest absolute Gasteiger partial charge is 0.342 e. The number of likely N-dealkylation sites (tertiary alicyclic amines) is 1. The maximum atomic E-state index is 12.6. The van der Waals surface area contributed by atoms with Gasteiger partial charge in [0.05, 0.1) is 5.92 Å². The van der Waals surface area contributed by atoms with Gasteiger partial charge in [-0.2, -0.15) is 0 Å². The summed E-state index contributed by atoms with van der Waals surface area (Å²) in [6.07, 6.45) is 3.74. The molecule has 0 spiro atoms. The number of carbonyl (C=O) groups excluding carboxylic acids is 2. The maximum absolute atomic E-state index is 12.6. The van der Waals surface area contributed by atoms with E-state index in [1.54, 1.807) is 4.90 Å². The summed E-state index contributed by atoms with van der Waals surface area (Å²) in [4.78, 5) is 28.7. The third-order valence-corrected chi connectivity index (χ3v) is 4.79. The zero-order valence-electron chi connectivity index (χ0n) is 13.5. The van der Waals surface area contributed by atoms with Crippen molar-refractivity contribution in [3.63, 3.8) is 0 Å². The number of benzene rings is 1. The molecule has 2 heterocycles. The van der Waals surface area contributed by atoms with Crippen LogP contribution in [-0.2, 0) is 9.59 Å². The Balaban J connectivity index is 1.74. The van der Waals surface area contributed by atoms with Crippen molar-refractivity contribution in [2.75, 3.05) is 24.5 Å². The first-order chi connectivity index (χ1) is 10.6. The van der Waals surface area contributed by atoms with Crippen molar-refractivity contribution < 1.29 is 9.59 Å². The van der Waals surface area contributed by atoms with E-state index in [0.717, 1.165) is 37.2 Å². The van der Waals surface area contributed by atoms with Crippen LogP contribution in [0.1, 0.15) is 36.8 Å². The number of amides is 2. The fraction of sp³-hybridized carbons (Fsp3) is 0.556. The fourth-order valence-electron chi connectivity index (χ4n) is 3.59. The smallest absolute Gasteiger partial charge is 0.228 e. The van der Waals surface area contributed by atoms with Crippen LogP contribution in [-0.4, -0.2) is 36.3 Å². The summed E-state index contributed by atoms with van der Waals surface area (Å²) in [6, 6.07) is 6.11. The SMILES string of the molecule is Cc1ccc(N2C[C@@H](C(=O)N3CCCCC3)CC2=O)c(C)c1. The molecule has 4 nitrogen and oxygen atoms in total. The van der Waals surface area contributed by atoms with Crippen molar-refractivity contribution in [2.24, 2.45) is 5.92 Å². The predicted molar refractivity (Wildman–Crippen MR) is 86.8 cm³/mol. The molecule has 0 bridgehead atoms. The Morgan fingerprint density at radius 3 is 2.55 bits per heavy atom. The molecule has 4 heteroatoms. The monoisotopic (exact) mass is 300 g/mol. The zero-order valence-corrected chi connectivity index (χ0v) is 13.5. The van der Waals surface area contributed by atoms with Gasteiger partial charge in [0.25, 0.3) is 0 Å². The number of aryl methyl sites for hydroxylation is 2. The lowest BCUT2D eigenvalue weighted by atomic mass is 10.0. The summed E-state index contributed by atoms with van der Waals surface area (Å²) in [7, 11) is 0. The summed E-state index contributed by atoms with van der Waals surface area (Å²) in [5, 5.41) is 0. The first kappa shape index (κ1) is 15.1. The van der Waals surface area contributed by atoms with Crippen LogP contribution in [0.4, 0.5) is 5.69 Å². The molecule has 2 amide bonds. The lowest BCUT2D eigenvalue weighted by molar-refractivity contribution is -0.136. The standard InChI is InChI=1S/C18H24N2O2/c1-13-6-7-16(14(2)10-13)20-12-15(11-17(20)21)18(22)19-8-4-3-5-9-19/h6-7,10,15H,3-5,8-9,11-12H2,1-2H3/t15-/m0/s1. The molecule has 2 saturated heterocycles. The molecule has 2 aliphatic heterocycles. The molecule has 118 valence electrons. The third-order valence-electron chi connectivity index (χ3n) is 4.79. The van der Waals surface area contributed by atoms with Crippen molar-refractivity contribution in [1.29, 1.82) is 0 Å². The van der Waals surface area contributed by atoms with Gasteiger partial charge in [0.15, 0.2) is 0 Å². The molecule has 1 aromatic carbocycles. The van der Waals surface area contributed by atoms with Crippen molar-refractivity contribution in [2.45, 2.75) is 39.5 Å². The molecule has 0 N–H and O–H groups in total. The summed E-state index contributed by atoms with van der Waals surface area (Å²) in [6.45, 7) is 6.30. The van der Waals surface area contributed by atoms with E-state index >= 15 is 0 Å². The van der Waals surface area contributed by atoms with Crippen LogP contribution in [0.25, 0.3) is 0 Å². The zero-order chi connectivity index (χ0) is 15.7. The molecule has 2 aliphatic rings.